The smallest absolute Gasteiger partial charge is 0.452 e. The van der Waals surface area contributed by atoms with Crippen LogP contribution in [0.25, 0.3) is 0 Å². The molecule has 0 aliphatic rings. The second-order valence-electron chi connectivity index (χ2n) is 2.94. The Kier molecular flexibility index (Phi) is 8.05. The third-order valence-corrected chi connectivity index (χ3v) is 1.63. The maximum absolute atomic E-state index is 11.5. The summed E-state index contributed by atoms with van der Waals surface area (Å²) in [5.41, 5.74) is 0. The number of carbonyl (C=O) groups is 3. The van der Waals surface area contributed by atoms with Gasteiger partial charge in [-0.3, -0.25) is 4.79 Å². The van der Waals surface area contributed by atoms with Crippen LogP contribution in [0.4, 0.5) is 4.79 Å². The number of hydrogen-bond donors (Lipinski definition) is 0. The van der Waals surface area contributed by atoms with Crippen LogP contribution in [0.15, 0.2) is 0 Å². The van der Waals surface area contributed by atoms with E-state index in [0.29, 0.717) is 0 Å². The summed E-state index contributed by atoms with van der Waals surface area (Å²) < 4.78 is 17.8. The topological polar surface area (TPSA) is 88.1 Å². The Morgan fingerprint density at radius 3 is 2.21 bits per heavy atom. The Morgan fingerprint density at radius 1 is 1.11 bits per heavy atom. The van der Waals surface area contributed by atoms with Crippen LogP contribution >= 0.6 is 0 Å². The summed E-state index contributed by atoms with van der Waals surface area (Å²) in [6.07, 6.45) is 6.58. The van der Waals surface area contributed by atoms with Gasteiger partial charge in [-0.2, -0.15) is 0 Å². The standard InChI is InChI=1S/C12H12O7/c1-4-6-17-10(13)8-9(19-12(15)16-3)11(14)18-7-5-2/h1-2,9H,6-8H2,3H3. The molecule has 0 saturated carbocycles. The molecule has 102 valence electrons. The highest BCUT2D eigenvalue weighted by atomic mass is 16.7. The third kappa shape index (κ3) is 7.29. The van der Waals surface area contributed by atoms with Crippen molar-refractivity contribution in [1.29, 1.82) is 0 Å². The summed E-state index contributed by atoms with van der Waals surface area (Å²) in [7, 11) is 1.04. The molecule has 0 aromatic carbocycles. The van der Waals surface area contributed by atoms with Crippen molar-refractivity contribution in [3.63, 3.8) is 0 Å². The number of methoxy groups -OCH3 is 1. The van der Waals surface area contributed by atoms with Crippen molar-refractivity contribution in [3.05, 3.63) is 0 Å². The predicted octanol–water partition coefficient (Wildman–Crippen LogP) is -0.119. The molecule has 0 N–H and O–H groups in total. The number of esters is 2. The van der Waals surface area contributed by atoms with E-state index in [-0.39, 0.29) is 13.2 Å². The van der Waals surface area contributed by atoms with Crippen molar-refractivity contribution in [2.45, 2.75) is 12.5 Å². The zero-order valence-corrected chi connectivity index (χ0v) is 10.2. The number of terminal acetylenes is 2. The maximum Gasteiger partial charge on any atom is 0.508 e. The normalized spacial score (nSPS) is 10.3. The van der Waals surface area contributed by atoms with E-state index in [4.69, 9.17) is 12.8 Å². The Balaban J connectivity index is 4.54. The zero-order chi connectivity index (χ0) is 14.7. The molecule has 0 heterocycles. The first-order chi connectivity index (χ1) is 9.04. The molecule has 19 heavy (non-hydrogen) atoms. The molecule has 0 aromatic rings. The van der Waals surface area contributed by atoms with Crippen molar-refractivity contribution in [2.24, 2.45) is 0 Å². The van der Waals surface area contributed by atoms with Gasteiger partial charge in [-0.15, -0.1) is 12.8 Å². The van der Waals surface area contributed by atoms with Gasteiger partial charge in [0.15, 0.2) is 13.2 Å². The highest BCUT2D eigenvalue weighted by Gasteiger charge is 2.28. The molecule has 0 radical (unpaired) electrons. The second-order valence-corrected chi connectivity index (χ2v) is 2.94. The molecule has 0 rings (SSSR count). The summed E-state index contributed by atoms with van der Waals surface area (Å²) in [4.78, 5) is 33.6. The minimum absolute atomic E-state index is 0.261. The van der Waals surface area contributed by atoms with Crippen LogP contribution in [0.1, 0.15) is 6.42 Å². The van der Waals surface area contributed by atoms with Crippen LogP contribution in [0.3, 0.4) is 0 Å². The van der Waals surface area contributed by atoms with Crippen LogP contribution in [0.2, 0.25) is 0 Å². The van der Waals surface area contributed by atoms with Gasteiger partial charge in [0.05, 0.1) is 13.5 Å². The molecule has 7 nitrogen and oxygen atoms in total. The molecule has 0 saturated heterocycles. The van der Waals surface area contributed by atoms with Crippen molar-refractivity contribution in [2.75, 3.05) is 20.3 Å². The van der Waals surface area contributed by atoms with Crippen LogP contribution in [-0.4, -0.2) is 44.5 Å². The van der Waals surface area contributed by atoms with Gasteiger partial charge < -0.3 is 18.9 Å². The van der Waals surface area contributed by atoms with Gasteiger partial charge in [-0.1, -0.05) is 11.8 Å². The van der Waals surface area contributed by atoms with E-state index in [1.54, 1.807) is 0 Å². The van der Waals surface area contributed by atoms with E-state index >= 15 is 0 Å². The number of rotatable bonds is 6. The van der Waals surface area contributed by atoms with Crippen LogP contribution in [-0.2, 0) is 28.5 Å². The lowest BCUT2D eigenvalue weighted by molar-refractivity contribution is -0.159. The van der Waals surface area contributed by atoms with Crippen LogP contribution in [0, 0.1) is 24.7 Å². The molecule has 0 aliphatic carbocycles. The van der Waals surface area contributed by atoms with E-state index < -0.39 is 30.6 Å². The number of hydrogen-bond acceptors (Lipinski definition) is 7. The zero-order valence-electron chi connectivity index (χ0n) is 10.2. The molecule has 1 atom stereocenters. The lowest BCUT2D eigenvalue weighted by atomic mass is 10.2. The third-order valence-electron chi connectivity index (χ3n) is 1.63. The van der Waals surface area contributed by atoms with Gasteiger partial charge in [0, 0.05) is 0 Å². The first-order valence-electron chi connectivity index (χ1n) is 4.99. The fraction of sp³-hybridized carbons (Fsp3) is 0.417. The average molecular weight is 268 g/mol. The fourth-order valence-corrected chi connectivity index (χ4v) is 0.876. The lowest BCUT2D eigenvalue weighted by Gasteiger charge is -2.14. The first kappa shape index (κ1) is 16.3. The molecule has 7 heteroatoms. The molecule has 0 aliphatic heterocycles. The summed E-state index contributed by atoms with van der Waals surface area (Å²) >= 11 is 0. The monoisotopic (exact) mass is 268 g/mol. The molecule has 0 fully saturated rings. The quantitative estimate of drug-likeness (QED) is 0.377. The number of carbonyl (C=O) groups excluding carboxylic acids is 3. The van der Waals surface area contributed by atoms with E-state index in [2.05, 4.69) is 30.8 Å². The summed E-state index contributed by atoms with van der Waals surface area (Å²) in [6, 6.07) is 0. The second kappa shape index (κ2) is 9.37. The Morgan fingerprint density at radius 2 is 1.68 bits per heavy atom. The number of ether oxygens (including phenoxy) is 4. The summed E-state index contributed by atoms with van der Waals surface area (Å²) in [6.45, 7) is -0.581. The molecule has 1 unspecified atom stereocenters. The first-order valence-corrected chi connectivity index (χ1v) is 4.99. The van der Waals surface area contributed by atoms with Gasteiger partial charge in [-0.25, -0.2) is 9.59 Å². The van der Waals surface area contributed by atoms with Crippen molar-refractivity contribution in [1.82, 2.24) is 0 Å². The van der Waals surface area contributed by atoms with E-state index in [1.807, 2.05) is 0 Å². The minimum Gasteiger partial charge on any atom is -0.452 e. The Hall–Kier alpha value is -2.67. The van der Waals surface area contributed by atoms with Gasteiger partial charge >= 0.3 is 18.1 Å². The minimum atomic E-state index is -1.51. The molecular weight excluding hydrogens is 256 g/mol. The van der Waals surface area contributed by atoms with Gasteiger partial charge in [0.1, 0.15) is 0 Å². The molecule has 0 aromatic heterocycles. The van der Waals surface area contributed by atoms with Gasteiger partial charge in [0.2, 0.25) is 6.10 Å². The molecule has 0 bridgehead atoms. The van der Waals surface area contributed by atoms with Gasteiger partial charge in [0.25, 0.3) is 0 Å². The SMILES string of the molecule is C#CCOC(=O)CC(OC(=O)OC)C(=O)OCC#C. The largest absolute Gasteiger partial charge is 0.508 e. The van der Waals surface area contributed by atoms with Crippen LogP contribution in [0.5, 0.6) is 0 Å². The molecular formula is C12H12O7. The van der Waals surface area contributed by atoms with Gasteiger partial charge in [-0.05, 0) is 0 Å². The predicted molar refractivity (Wildman–Crippen MR) is 61.5 cm³/mol. The van der Waals surface area contributed by atoms with Crippen molar-refractivity contribution < 1.29 is 33.3 Å². The van der Waals surface area contributed by atoms with E-state index in [1.165, 1.54) is 0 Å². The van der Waals surface area contributed by atoms with Crippen LogP contribution < -0.4 is 0 Å². The Bertz CT molecular complexity index is 413. The highest BCUT2D eigenvalue weighted by Crippen LogP contribution is 2.05. The Labute approximate surface area is 110 Å². The summed E-state index contributed by atoms with van der Waals surface area (Å²) in [5, 5.41) is 0. The average Bonchev–Trinajstić information content (AvgIpc) is 2.41. The molecule has 0 spiro atoms. The lowest BCUT2D eigenvalue weighted by Crippen LogP contribution is -2.32. The van der Waals surface area contributed by atoms with Crippen molar-refractivity contribution in [3.8, 4) is 24.7 Å². The van der Waals surface area contributed by atoms with E-state index in [9.17, 15) is 14.4 Å². The van der Waals surface area contributed by atoms with Crippen molar-refractivity contribution >= 4 is 18.1 Å². The maximum atomic E-state index is 11.5. The van der Waals surface area contributed by atoms with E-state index in [0.717, 1.165) is 7.11 Å². The molecule has 0 amide bonds. The fourth-order valence-electron chi connectivity index (χ4n) is 0.876. The highest BCUT2D eigenvalue weighted by molar-refractivity contribution is 5.83. The summed E-state index contributed by atoms with van der Waals surface area (Å²) in [5.74, 6) is 2.31.